The number of amides is 1. The van der Waals surface area contributed by atoms with Crippen molar-refractivity contribution in [1.29, 1.82) is 0 Å². The van der Waals surface area contributed by atoms with E-state index in [0.717, 1.165) is 43.0 Å². The van der Waals surface area contributed by atoms with Gasteiger partial charge in [0.05, 0.1) is 10.7 Å². The van der Waals surface area contributed by atoms with Crippen LogP contribution in [0, 0.1) is 12.3 Å². The summed E-state index contributed by atoms with van der Waals surface area (Å²) in [7, 11) is 0. The zero-order valence-electron chi connectivity index (χ0n) is 14.5. The Bertz CT molecular complexity index is 538. The molecule has 2 N–H and O–H groups in total. The first-order chi connectivity index (χ1) is 10.6. The van der Waals surface area contributed by atoms with Crippen molar-refractivity contribution in [3.63, 3.8) is 0 Å². The second-order valence-corrected chi connectivity index (χ2v) is 8.22. The molecule has 1 aromatic heterocycles. The fourth-order valence-corrected chi connectivity index (χ4v) is 4.71. The third-order valence-electron chi connectivity index (χ3n) is 5.21. The van der Waals surface area contributed by atoms with Gasteiger partial charge in [0.25, 0.3) is 5.91 Å². The number of thiazole rings is 1. The summed E-state index contributed by atoms with van der Waals surface area (Å²) >= 11 is 1.61. The lowest BCUT2D eigenvalue weighted by molar-refractivity contribution is 0.0925. The molecule has 2 aliphatic rings. The van der Waals surface area contributed by atoms with Crippen molar-refractivity contribution in [3.05, 3.63) is 15.6 Å². The Kier molecular flexibility index (Phi) is 8.46. The second kappa shape index (κ2) is 9.37. The van der Waals surface area contributed by atoms with Crippen molar-refractivity contribution in [2.75, 3.05) is 19.6 Å². The van der Waals surface area contributed by atoms with Crippen molar-refractivity contribution >= 4 is 42.1 Å². The van der Waals surface area contributed by atoms with E-state index in [0.29, 0.717) is 5.92 Å². The zero-order valence-corrected chi connectivity index (χ0v) is 17.0. The molecular weight excluding hydrogens is 365 g/mol. The molecule has 1 aromatic rings. The predicted molar refractivity (Wildman–Crippen MR) is 105 cm³/mol. The molecule has 0 atom stereocenters. The summed E-state index contributed by atoms with van der Waals surface area (Å²) in [5.41, 5.74) is 1.13. The third kappa shape index (κ3) is 5.07. The number of hydrogen-bond acceptors (Lipinski definition) is 4. The van der Waals surface area contributed by atoms with Gasteiger partial charge in [-0.1, -0.05) is 19.8 Å². The van der Waals surface area contributed by atoms with E-state index >= 15 is 0 Å². The van der Waals surface area contributed by atoms with Crippen LogP contribution in [0.2, 0.25) is 0 Å². The lowest BCUT2D eigenvalue weighted by Gasteiger charge is -2.34. The highest BCUT2D eigenvalue weighted by molar-refractivity contribution is 7.13. The van der Waals surface area contributed by atoms with E-state index in [2.05, 4.69) is 22.5 Å². The van der Waals surface area contributed by atoms with Gasteiger partial charge in [-0.25, -0.2) is 4.98 Å². The molecule has 1 saturated carbocycles. The fraction of sp³-hybridized carbons (Fsp3) is 0.765. The number of hydrogen-bond donors (Lipinski definition) is 2. The Morgan fingerprint density at radius 2 is 1.92 bits per heavy atom. The number of nitrogens with zero attached hydrogens (tertiary/aromatic N) is 1. The number of carbonyl (C=O) groups excluding carboxylic acids is 1. The van der Waals surface area contributed by atoms with Gasteiger partial charge in [0.2, 0.25) is 0 Å². The first-order valence-electron chi connectivity index (χ1n) is 8.54. The van der Waals surface area contributed by atoms with Crippen LogP contribution in [0.1, 0.15) is 71.7 Å². The highest BCUT2D eigenvalue weighted by atomic mass is 35.5. The first-order valence-corrected chi connectivity index (χ1v) is 9.35. The van der Waals surface area contributed by atoms with Gasteiger partial charge in [-0.3, -0.25) is 4.79 Å². The van der Waals surface area contributed by atoms with Crippen LogP contribution in [0.4, 0.5) is 0 Å². The summed E-state index contributed by atoms with van der Waals surface area (Å²) in [6, 6.07) is 0. The maximum Gasteiger partial charge on any atom is 0.263 e. The smallest absolute Gasteiger partial charge is 0.263 e. The minimum Gasteiger partial charge on any atom is -0.351 e. The number of piperidine rings is 1. The van der Waals surface area contributed by atoms with E-state index < -0.39 is 0 Å². The Morgan fingerprint density at radius 3 is 2.54 bits per heavy atom. The fourth-order valence-electron chi connectivity index (χ4n) is 3.56. The number of aryl methyl sites for hydroxylation is 1. The SMILES string of the molecule is Cc1nc(C2CCCC2)sc1C(=O)NCC1(C)CCNCC1.Cl.Cl. The molecule has 2 heterocycles. The van der Waals surface area contributed by atoms with E-state index in [1.54, 1.807) is 11.3 Å². The average Bonchev–Trinajstić information content (AvgIpc) is 3.15. The minimum absolute atomic E-state index is 0. The lowest BCUT2D eigenvalue weighted by Crippen LogP contribution is -2.42. The Labute approximate surface area is 161 Å². The molecule has 0 radical (unpaired) electrons. The Hall–Kier alpha value is -0.360. The monoisotopic (exact) mass is 393 g/mol. The van der Waals surface area contributed by atoms with Crippen LogP contribution < -0.4 is 10.6 Å². The van der Waals surface area contributed by atoms with Gasteiger partial charge in [-0.15, -0.1) is 36.2 Å². The molecule has 7 heteroatoms. The molecule has 4 nitrogen and oxygen atoms in total. The van der Waals surface area contributed by atoms with Gasteiger partial charge in [-0.2, -0.15) is 0 Å². The quantitative estimate of drug-likeness (QED) is 0.810. The maximum atomic E-state index is 12.5. The van der Waals surface area contributed by atoms with Crippen molar-refractivity contribution in [2.24, 2.45) is 5.41 Å². The number of rotatable bonds is 4. The van der Waals surface area contributed by atoms with E-state index in [1.807, 2.05) is 6.92 Å². The summed E-state index contributed by atoms with van der Waals surface area (Å²) in [4.78, 5) is 18.0. The molecule has 0 unspecified atom stereocenters. The highest BCUT2D eigenvalue weighted by Crippen LogP contribution is 2.37. The molecule has 3 rings (SSSR count). The lowest BCUT2D eigenvalue weighted by atomic mass is 9.81. The van der Waals surface area contributed by atoms with Crippen molar-refractivity contribution in [1.82, 2.24) is 15.6 Å². The molecule has 1 amide bonds. The van der Waals surface area contributed by atoms with Gasteiger partial charge in [0.1, 0.15) is 4.88 Å². The molecule has 0 bridgehead atoms. The van der Waals surface area contributed by atoms with Crippen molar-refractivity contribution in [3.8, 4) is 0 Å². The van der Waals surface area contributed by atoms with Gasteiger partial charge in [0, 0.05) is 12.5 Å². The van der Waals surface area contributed by atoms with Gasteiger partial charge < -0.3 is 10.6 Å². The van der Waals surface area contributed by atoms with Crippen molar-refractivity contribution in [2.45, 2.75) is 58.3 Å². The maximum absolute atomic E-state index is 12.5. The summed E-state index contributed by atoms with van der Waals surface area (Å²) in [6.07, 6.45) is 7.33. The van der Waals surface area contributed by atoms with Crippen LogP contribution >= 0.6 is 36.2 Å². The molecule has 1 saturated heterocycles. The predicted octanol–water partition coefficient (Wildman–Crippen LogP) is 4.07. The number of halogens is 2. The van der Waals surface area contributed by atoms with Crippen LogP contribution in [0.15, 0.2) is 0 Å². The van der Waals surface area contributed by atoms with Gasteiger partial charge in [-0.05, 0) is 51.1 Å². The number of aromatic nitrogens is 1. The van der Waals surface area contributed by atoms with Crippen LogP contribution in [0.25, 0.3) is 0 Å². The highest BCUT2D eigenvalue weighted by Gasteiger charge is 2.28. The number of nitrogens with one attached hydrogen (secondary N) is 2. The van der Waals surface area contributed by atoms with Gasteiger partial charge in [0.15, 0.2) is 0 Å². The summed E-state index contributed by atoms with van der Waals surface area (Å²) in [5.74, 6) is 0.659. The van der Waals surface area contributed by atoms with E-state index in [4.69, 9.17) is 0 Å². The van der Waals surface area contributed by atoms with Crippen molar-refractivity contribution < 1.29 is 4.79 Å². The third-order valence-corrected chi connectivity index (χ3v) is 6.53. The molecule has 24 heavy (non-hydrogen) atoms. The standard InChI is InChI=1S/C17H27N3OS.2ClH/c1-12-14(22-16(20-12)13-5-3-4-6-13)15(21)19-11-17(2)7-9-18-10-8-17;;/h13,18H,3-11H2,1-2H3,(H,19,21);2*1H. The van der Waals surface area contributed by atoms with E-state index in [-0.39, 0.29) is 36.1 Å². The van der Waals surface area contributed by atoms with Gasteiger partial charge >= 0.3 is 0 Å². The molecule has 138 valence electrons. The Morgan fingerprint density at radius 1 is 1.29 bits per heavy atom. The Balaban J connectivity index is 0.00000144. The molecule has 0 spiro atoms. The van der Waals surface area contributed by atoms with E-state index in [9.17, 15) is 4.79 Å². The van der Waals surface area contributed by atoms with E-state index in [1.165, 1.54) is 30.7 Å². The first kappa shape index (κ1) is 21.7. The molecule has 1 aliphatic carbocycles. The van der Waals surface area contributed by atoms with Crippen LogP contribution in [0.3, 0.4) is 0 Å². The summed E-state index contributed by atoms with van der Waals surface area (Å²) in [6.45, 7) is 7.12. The second-order valence-electron chi connectivity index (χ2n) is 7.19. The van der Waals surface area contributed by atoms with Crippen LogP contribution in [0.5, 0.6) is 0 Å². The van der Waals surface area contributed by atoms with Crippen LogP contribution in [-0.2, 0) is 0 Å². The zero-order chi connectivity index (χ0) is 15.6. The minimum atomic E-state index is 0. The largest absolute Gasteiger partial charge is 0.351 e. The summed E-state index contributed by atoms with van der Waals surface area (Å²) in [5, 5.41) is 7.71. The average molecular weight is 394 g/mol. The number of carbonyl (C=O) groups is 1. The topological polar surface area (TPSA) is 54.0 Å². The molecule has 2 fully saturated rings. The normalized spacial score (nSPS) is 20.1. The molecule has 0 aromatic carbocycles. The molecule has 1 aliphatic heterocycles. The van der Waals surface area contributed by atoms with Crippen LogP contribution in [-0.4, -0.2) is 30.5 Å². The molecular formula is C17H29Cl2N3OS. The summed E-state index contributed by atoms with van der Waals surface area (Å²) < 4.78 is 0.